The second kappa shape index (κ2) is 17.7. The molecule has 0 fully saturated rings. The second-order valence-electron chi connectivity index (χ2n) is 10.4. The normalized spacial score (nSPS) is 13.1. The molecule has 0 unspecified atom stereocenters. The van der Waals surface area contributed by atoms with Gasteiger partial charge in [-0.25, -0.2) is 4.98 Å². The van der Waals surface area contributed by atoms with Crippen LogP contribution >= 0.6 is 0 Å². The molecule has 0 radical (unpaired) electrons. The van der Waals surface area contributed by atoms with E-state index in [0.717, 1.165) is 64.5 Å². The van der Waals surface area contributed by atoms with Crippen LogP contribution in [0.5, 0.6) is 0 Å². The first kappa shape index (κ1) is 30.7. The number of ether oxygens (including phenoxy) is 1. The minimum atomic E-state index is -0.147. The number of aromatic amines is 1. The number of hydrogen-bond acceptors (Lipinski definition) is 7. The molecular weight excluding hydrogens is 488 g/mol. The molecule has 1 aromatic carbocycles. The molecule has 1 aliphatic heterocycles. The Morgan fingerprint density at radius 2 is 1.54 bits per heavy atom. The summed E-state index contributed by atoms with van der Waals surface area (Å²) in [6, 6.07) is 8.91. The van der Waals surface area contributed by atoms with Crippen molar-refractivity contribution in [2.24, 2.45) is 4.99 Å². The number of rotatable bonds is 20. The van der Waals surface area contributed by atoms with E-state index >= 15 is 0 Å². The van der Waals surface area contributed by atoms with Gasteiger partial charge in [0.05, 0.1) is 20.1 Å². The van der Waals surface area contributed by atoms with Crippen molar-refractivity contribution in [1.29, 1.82) is 0 Å². The number of carbonyl (C=O) groups is 1. The van der Waals surface area contributed by atoms with Gasteiger partial charge in [0.15, 0.2) is 0 Å². The standard InChI is InChI=1S/C31H48N6O2/c1-4-18-35(19-5-2)20-6-7-21-36(22-14-31(38)39-3)23-27-10-12-28(13-11-27)24-37(25-29-9-8-15-32-29)26-30-33-16-17-34-30/h8,10-13,15-17H,4-7,9,14,18-26H2,1-3H3,(H,33,34). The van der Waals surface area contributed by atoms with Crippen molar-refractivity contribution in [3.8, 4) is 0 Å². The van der Waals surface area contributed by atoms with Crippen LogP contribution in [0, 0.1) is 0 Å². The van der Waals surface area contributed by atoms with Crippen LogP contribution in [-0.4, -0.2) is 82.7 Å². The smallest absolute Gasteiger partial charge is 0.306 e. The lowest BCUT2D eigenvalue weighted by atomic mass is 10.1. The summed E-state index contributed by atoms with van der Waals surface area (Å²) in [6.07, 6.45) is 13.7. The van der Waals surface area contributed by atoms with Crippen LogP contribution in [0.4, 0.5) is 0 Å². The number of allylic oxidation sites excluding steroid dienone is 1. The third-order valence-corrected chi connectivity index (χ3v) is 7.02. The number of benzene rings is 1. The van der Waals surface area contributed by atoms with Crippen molar-refractivity contribution in [3.05, 3.63) is 65.9 Å². The maximum absolute atomic E-state index is 11.8. The van der Waals surface area contributed by atoms with Gasteiger partial charge in [0.1, 0.15) is 5.82 Å². The van der Waals surface area contributed by atoms with Gasteiger partial charge < -0.3 is 14.6 Å². The number of carbonyl (C=O) groups excluding carboxylic acids is 1. The number of esters is 1. The Bertz CT molecular complexity index is 997. The van der Waals surface area contributed by atoms with Gasteiger partial charge in [-0.3, -0.25) is 19.6 Å². The number of imidazole rings is 1. The number of hydrogen-bond donors (Lipinski definition) is 1. The number of H-pyrrole nitrogens is 1. The van der Waals surface area contributed by atoms with Crippen LogP contribution in [0.1, 0.15) is 69.3 Å². The molecule has 1 aliphatic rings. The number of nitrogens with zero attached hydrogens (tertiary/aromatic N) is 5. The van der Waals surface area contributed by atoms with E-state index in [4.69, 9.17) is 4.74 Å². The minimum Gasteiger partial charge on any atom is -0.469 e. The topological polar surface area (TPSA) is 77.1 Å². The molecular formula is C31H48N6O2. The van der Waals surface area contributed by atoms with E-state index in [9.17, 15) is 4.79 Å². The highest BCUT2D eigenvalue weighted by Crippen LogP contribution is 2.14. The highest BCUT2D eigenvalue weighted by atomic mass is 16.5. The third-order valence-electron chi connectivity index (χ3n) is 7.02. The fourth-order valence-electron chi connectivity index (χ4n) is 5.05. The van der Waals surface area contributed by atoms with Crippen LogP contribution in [0.2, 0.25) is 0 Å². The van der Waals surface area contributed by atoms with Crippen molar-refractivity contribution < 1.29 is 9.53 Å². The SMILES string of the molecule is CCCN(CCC)CCCCN(CCC(=O)OC)Cc1ccc(CN(CC2=NC=CC2)Cc2ncc[nH]2)cc1. The summed E-state index contributed by atoms with van der Waals surface area (Å²) in [5.41, 5.74) is 3.72. The first-order chi connectivity index (χ1) is 19.1. The van der Waals surface area contributed by atoms with E-state index in [2.05, 4.69) is 73.8 Å². The number of aromatic nitrogens is 2. The van der Waals surface area contributed by atoms with E-state index in [0.29, 0.717) is 6.42 Å². The first-order valence-corrected chi connectivity index (χ1v) is 14.6. The quantitative estimate of drug-likeness (QED) is 0.189. The van der Waals surface area contributed by atoms with E-state index in [1.54, 1.807) is 6.20 Å². The molecule has 2 heterocycles. The molecule has 1 N–H and O–H groups in total. The van der Waals surface area contributed by atoms with Crippen LogP contribution < -0.4 is 0 Å². The average Bonchev–Trinajstić information content (AvgIpc) is 3.65. The van der Waals surface area contributed by atoms with Gasteiger partial charge >= 0.3 is 5.97 Å². The lowest BCUT2D eigenvalue weighted by Gasteiger charge is -2.24. The van der Waals surface area contributed by atoms with Crippen LogP contribution in [-0.2, 0) is 29.2 Å². The molecule has 0 saturated carbocycles. The zero-order valence-electron chi connectivity index (χ0n) is 24.3. The lowest BCUT2D eigenvalue weighted by Crippen LogP contribution is -2.30. The Labute approximate surface area is 235 Å². The monoisotopic (exact) mass is 536 g/mol. The Morgan fingerprint density at radius 3 is 2.10 bits per heavy atom. The number of unbranched alkanes of at least 4 members (excludes halogenated alkanes) is 1. The summed E-state index contributed by atoms with van der Waals surface area (Å²) in [6.45, 7) is 13.0. The van der Waals surface area contributed by atoms with Gasteiger partial charge in [-0.1, -0.05) is 44.2 Å². The van der Waals surface area contributed by atoms with Gasteiger partial charge in [0.2, 0.25) is 0 Å². The Hall–Kier alpha value is -2.81. The van der Waals surface area contributed by atoms with Crippen LogP contribution in [0.15, 0.2) is 53.9 Å². The predicted molar refractivity (Wildman–Crippen MR) is 159 cm³/mol. The molecule has 39 heavy (non-hydrogen) atoms. The fourth-order valence-corrected chi connectivity index (χ4v) is 5.05. The predicted octanol–water partition coefficient (Wildman–Crippen LogP) is 5.04. The maximum Gasteiger partial charge on any atom is 0.306 e. The molecule has 8 heteroatoms. The molecule has 3 rings (SSSR count). The molecule has 0 saturated heterocycles. The van der Waals surface area contributed by atoms with E-state index in [-0.39, 0.29) is 5.97 Å². The second-order valence-corrected chi connectivity index (χ2v) is 10.4. The summed E-state index contributed by atoms with van der Waals surface area (Å²) < 4.78 is 4.90. The van der Waals surface area contributed by atoms with Crippen LogP contribution in [0.3, 0.4) is 0 Å². The number of aliphatic imine (C=N–C) groups is 1. The summed E-state index contributed by atoms with van der Waals surface area (Å²) >= 11 is 0. The third kappa shape index (κ3) is 11.9. The number of methoxy groups -OCH3 is 1. The highest BCUT2D eigenvalue weighted by molar-refractivity contribution is 5.89. The molecule has 0 amide bonds. The molecule has 0 spiro atoms. The first-order valence-electron chi connectivity index (χ1n) is 14.6. The van der Waals surface area contributed by atoms with Gasteiger partial charge in [0.25, 0.3) is 0 Å². The van der Waals surface area contributed by atoms with Crippen molar-refractivity contribution in [2.45, 2.75) is 72.0 Å². The highest BCUT2D eigenvalue weighted by Gasteiger charge is 2.14. The summed E-state index contributed by atoms with van der Waals surface area (Å²) in [5, 5.41) is 0. The maximum atomic E-state index is 11.8. The minimum absolute atomic E-state index is 0.147. The van der Waals surface area contributed by atoms with Gasteiger partial charge in [0, 0.05) is 56.9 Å². The average molecular weight is 537 g/mol. The fraction of sp³-hybridized carbons (Fsp3) is 0.581. The molecule has 0 aliphatic carbocycles. The van der Waals surface area contributed by atoms with Crippen molar-refractivity contribution in [3.63, 3.8) is 0 Å². The van der Waals surface area contributed by atoms with Crippen molar-refractivity contribution >= 4 is 11.7 Å². The van der Waals surface area contributed by atoms with Crippen molar-refractivity contribution in [2.75, 3.05) is 46.4 Å². The van der Waals surface area contributed by atoms with Gasteiger partial charge in [-0.15, -0.1) is 0 Å². The Balaban J connectivity index is 1.55. The molecule has 214 valence electrons. The largest absolute Gasteiger partial charge is 0.469 e. The van der Waals surface area contributed by atoms with Gasteiger partial charge in [-0.2, -0.15) is 0 Å². The molecule has 2 aromatic rings. The summed E-state index contributed by atoms with van der Waals surface area (Å²) in [5.74, 6) is 0.818. The molecule has 1 aromatic heterocycles. The molecule has 0 bridgehead atoms. The Morgan fingerprint density at radius 1 is 0.872 bits per heavy atom. The van der Waals surface area contributed by atoms with Crippen molar-refractivity contribution in [1.82, 2.24) is 24.7 Å². The Kier molecular flexibility index (Phi) is 14.0. The molecule has 0 atom stereocenters. The van der Waals surface area contributed by atoms with Crippen LogP contribution in [0.25, 0.3) is 0 Å². The zero-order chi connectivity index (χ0) is 27.7. The molecule has 8 nitrogen and oxygen atoms in total. The van der Waals surface area contributed by atoms with E-state index < -0.39 is 0 Å². The van der Waals surface area contributed by atoms with Gasteiger partial charge in [-0.05, 0) is 63.0 Å². The summed E-state index contributed by atoms with van der Waals surface area (Å²) in [4.78, 5) is 31.3. The number of nitrogens with one attached hydrogen (secondary N) is 1. The van der Waals surface area contributed by atoms with E-state index in [1.165, 1.54) is 56.3 Å². The van der Waals surface area contributed by atoms with E-state index in [1.807, 2.05) is 12.4 Å². The summed E-state index contributed by atoms with van der Waals surface area (Å²) in [7, 11) is 1.46. The lowest BCUT2D eigenvalue weighted by molar-refractivity contribution is -0.141. The zero-order valence-corrected chi connectivity index (χ0v) is 24.3.